The van der Waals surface area contributed by atoms with Gasteiger partial charge in [0.05, 0.1) is 0 Å². The first-order valence-corrected chi connectivity index (χ1v) is 12.8. The predicted molar refractivity (Wildman–Crippen MR) is 141 cm³/mol. The Kier molecular flexibility index (Phi) is 9.41. The molecule has 0 aliphatic heterocycles. The van der Waals surface area contributed by atoms with Crippen LogP contribution in [0.5, 0.6) is 0 Å². The largest absolute Gasteiger partial charge is 0.369 e. The summed E-state index contributed by atoms with van der Waals surface area (Å²) >= 11 is 0. The molecule has 5 heteroatoms. The first-order valence-electron chi connectivity index (χ1n) is 12.8. The zero-order valence-electron chi connectivity index (χ0n) is 21.5. The number of aryl methyl sites for hydroxylation is 1. The van der Waals surface area contributed by atoms with Crippen molar-refractivity contribution in [3.8, 4) is 0 Å². The summed E-state index contributed by atoms with van der Waals surface area (Å²) in [5.41, 5.74) is 8.87. The number of ketones is 1. The molecule has 1 aromatic heterocycles. The molecule has 0 fully saturated rings. The van der Waals surface area contributed by atoms with E-state index in [9.17, 15) is 9.59 Å². The fourth-order valence-electron chi connectivity index (χ4n) is 4.71. The monoisotopic (exact) mass is 473 g/mol. The number of primary amides is 1. The lowest BCUT2D eigenvalue weighted by Gasteiger charge is -2.26. The summed E-state index contributed by atoms with van der Waals surface area (Å²) in [6.07, 6.45) is 6.05. The second-order valence-corrected chi connectivity index (χ2v) is 10.0. The molecule has 0 spiro atoms. The molecule has 0 aliphatic rings. The standard InChI is InChI=1S/C30H39N3O2/c1-21(2)29(34)27-20-33(22(3)4)28(32-27)19-26(24-16-9-6-10-17-24)25(30(31)35)18-12-11-15-23-13-7-5-8-14-23/h5-10,13-14,16-17,20-22,25-26H,11-12,15,18-19H2,1-4H3,(H2,31,35). The number of benzene rings is 2. The molecule has 186 valence electrons. The molecule has 2 atom stereocenters. The lowest BCUT2D eigenvalue weighted by atomic mass is 9.79. The van der Waals surface area contributed by atoms with E-state index < -0.39 is 0 Å². The van der Waals surface area contributed by atoms with Crippen molar-refractivity contribution in [3.63, 3.8) is 0 Å². The fraction of sp³-hybridized carbons (Fsp3) is 0.433. The lowest BCUT2D eigenvalue weighted by molar-refractivity contribution is -0.122. The molecule has 2 aromatic carbocycles. The number of Topliss-reactive ketones (excluding diaryl/α,β-unsaturated/α-hetero) is 1. The summed E-state index contributed by atoms with van der Waals surface area (Å²) in [5.74, 6) is 0.0516. The molecular formula is C30H39N3O2. The van der Waals surface area contributed by atoms with E-state index >= 15 is 0 Å². The molecule has 2 N–H and O–H groups in total. The number of hydrogen-bond donors (Lipinski definition) is 1. The fourth-order valence-corrected chi connectivity index (χ4v) is 4.71. The van der Waals surface area contributed by atoms with Gasteiger partial charge in [0.15, 0.2) is 5.78 Å². The number of nitrogens with two attached hydrogens (primary N) is 1. The van der Waals surface area contributed by atoms with Crippen molar-refractivity contribution in [1.29, 1.82) is 0 Å². The van der Waals surface area contributed by atoms with Gasteiger partial charge in [-0.05, 0) is 44.2 Å². The van der Waals surface area contributed by atoms with E-state index in [4.69, 9.17) is 10.7 Å². The first kappa shape index (κ1) is 26.4. The Labute approximate surface area is 209 Å². The molecule has 0 bridgehead atoms. The second-order valence-electron chi connectivity index (χ2n) is 10.0. The van der Waals surface area contributed by atoms with Crippen molar-refractivity contribution < 1.29 is 9.59 Å². The highest BCUT2D eigenvalue weighted by atomic mass is 16.1. The lowest BCUT2D eigenvalue weighted by Crippen LogP contribution is -2.31. The molecule has 3 rings (SSSR count). The molecular weight excluding hydrogens is 434 g/mol. The van der Waals surface area contributed by atoms with Crippen LogP contribution in [0.3, 0.4) is 0 Å². The van der Waals surface area contributed by atoms with Gasteiger partial charge in [0.2, 0.25) is 5.91 Å². The van der Waals surface area contributed by atoms with Gasteiger partial charge in [-0.3, -0.25) is 9.59 Å². The molecule has 2 unspecified atom stereocenters. The van der Waals surface area contributed by atoms with E-state index in [1.165, 1.54) is 5.56 Å². The van der Waals surface area contributed by atoms with E-state index in [1.54, 1.807) is 0 Å². The maximum atomic E-state index is 12.7. The molecule has 0 radical (unpaired) electrons. The predicted octanol–water partition coefficient (Wildman–Crippen LogP) is 6.14. The summed E-state index contributed by atoms with van der Waals surface area (Å²) < 4.78 is 2.07. The van der Waals surface area contributed by atoms with Crippen LogP contribution in [0.15, 0.2) is 66.9 Å². The Morgan fingerprint density at radius 1 is 0.914 bits per heavy atom. The summed E-state index contributed by atoms with van der Waals surface area (Å²) in [7, 11) is 0. The molecule has 3 aromatic rings. The number of nitrogens with zero attached hydrogens (tertiary/aromatic N) is 2. The Balaban J connectivity index is 1.85. The number of hydrogen-bond acceptors (Lipinski definition) is 3. The highest BCUT2D eigenvalue weighted by Gasteiger charge is 2.30. The average Bonchev–Trinajstić information content (AvgIpc) is 3.27. The van der Waals surface area contributed by atoms with Gasteiger partial charge in [0.25, 0.3) is 0 Å². The van der Waals surface area contributed by atoms with Crippen LogP contribution in [0.1, 0.15) is 86.4 Å². The van der Waals surface area contributed by atoms with Crippen LogP contribution in [0.25, 0.3) is 0 Å². The Morgan fingerprint density at radius 2 is 1.54 bits per heavy atom. The van der Waals surface area contributed by atoms with Gasteiger partial charge in [0, 0.05) is 36.4 Å². The van der Waals surface area contributed by atoms with Gasteiger partial charge in [-0.2, -0.15) is 0 Å². The Bertz CT molecular complexity index is 1090. The first-order chi connectivity index (χ1) is 16.8. The van der Waals surface area contributed by atoms with Crippen LogP contribution in [0, 0.1) is 11.8 Å². The van der Waals surface area contributed by atoms with Gasteiger partial charge in [0.1, 0.15) is 11.5 Å². The van der Waals surface area contributed by atoms with Gasteiger partial charge in [-0.1, -0.05) is 80.9 Å². The maximum absolute atomic E-state index is 12.7. The number of carbonyl (C=O) groups is 2. The van der Waals surface area contributed by atoms with Crippen LogP contribution in [0.2, 0.25) is 0 Å². The number of amides is 1. The van der Waals surface area contributed by atoms with Crippen LogP contribution < -0.4 is 5.73 Å². The van der Waals surface area contributed by atoms with Crippen molar-refractivity contribution >= 4 is 11.7 Å². The quantitative estimate of drug-likeness (QED) is 0.239. The number of carbonyl (C=O) groups excluding carboxylic acids is 2. The summed E-state index contributed by atoms with van der Waals surface area (Å²) in [4.78, 5) is 30.2. The Hall–Kier alpha value is -3.21. The summed E-state index contributed by atoms with van der Waals surface area (Å²) in [5, 5.41) is 0. The van der Waals surface area contributed by atoms with Crippen LogP contribution in [0.4, 0.5) is 0 Å². The molecule has 1 amide bonds. The zero-order valence-corrected chi connectivity index (χ0v) is 21.5. The van der Waals surface area contributed by atoms with Gasteiger partial charge in [-0.15, -0.1) is 0 Å². The van der Waals surface area contributed by atoms with Crippen LogP contribution >= 0.6 is 0 Å². The van der Waals surface area contributed by atoms with Crippen molar-refractivity contribution in [3.05, 3.63) is 89.5 Å². The van der Waals surface area contributed by atoms with E-state index in [1.807, 2.05) is 44.3 Å². The highest BCUT2D eigenvalue weighted by Crippen LogP contribution is 2.33. The molecule has 0 aliphatic carbocycles. The van der Waals surface area contributed by atoms with E-state index in [0.29, 0.717) is 12.1 Å². The number of unbranched alkanes of at least 4 members (excludes halogenated alkanes) is 1. The van der Waals surface area contributed by atoms with Crippen molar-refractivity contribution in [2.24, 2.45) is 17.6 Å². The van der Waals surface area contributed by atoms with Crippen molar-refractivity contribution in [2.75, 3.05) is 0 Å². The summed E-state index contributed by atoms with van der Waals surface area (Å²) in [6.45, 7) is 7.95. The molecule has 0 saturated heterocycles. The minimum Gasteiger partial charge on any atom is -0.369 e. The zero-order chi connectivity index (χ0) is 25.4. The third-order valence-electron chi connectivity index (χ3n) is 6.70. The van der Waals surface area contributed by atoms with E-state index in [-0.39, 0.29) is 35.5 Å². The second kappa shape index (κ2) is 12.5. The highest BCUT2D eigenvalue weighted by molar-refractivity contribution is 5.95. The van der Waals surface area contributed by atoms with E-state index in [2.05, 4.69) is 54.8 Å². The molecule has 5 nitrogen and oxygen atoms in total. The number of imidazole rings is 1. The third kappa shape index (κ3) is 7.14. The number of aromatic nitrogens is 2. The molecule has 1 heterocycles. The van der Waals surface area contributed by atoms with Gasteiger partial charge in [-0.25, -0.2) is 4.98 Å². The topological polar surface area (TPSA) is 78.0 Å². The number of rotatable bonds is 13. The smallest absolute Gasteiger partial charge is 0.221 e. The SMILES string of the molecule is CC(C)C(=O)c1cn(C(C)C)c(CC(c2ccccc2)C(CCCCc2ccccc2)C(N)=O)n1. The normalized spacial score (nSPS) is 13.2. The maximum Gasteiger partial charge on any atom is 0.221 e. The van der Waals surface area contributed by atoms with Gasteiger partial charge < -0.3 is 10.3 Å². The average molecular weight is 474 g/mol. The van der Waals surface area contributed by atoms with Crippen molar-refractivity contribution in [1.82, 2.24) is 9.55 Å². The van der Waals surface area contributed by atoms with Crippen LogP contribution in [-0.2, 0) is 17.6 Å². The van der Waals surface area contributed by atoms with E-state index in [0.717, 1.165) is 37.1 Å². The minimum atomic E-state index is -0.310. The van der Waals surface area contributed by atoms with Crippen molar-refractivity contribution in [2.45, 2.75) is 71.8 Å². The summed E-state index contributed by atoms with van der Waals surface area (Å²) in [6, 6.07) is 20.7. The molecule has 0 saturated carbocycles. The van der Waals surface area contributed by atoms with Crippen LogP contribution in [-0.4, -0.2) is 21.2 Å². The molecule has 35 heavy (non-hydrogen) atoms. The third-order valence-corrected chi connectivity index (χ3v) is 6.70. The Morgan fingerprint density at radius 3 is 2.11 bits per heavy atom. The minimum absolute atomic E-state index is 0.0364. The van der Waals surface area contributed by atoms with Gasteiger partial charge >= 0.3 is 0 Å².